The quantitative estimate of drug-likeness (QED) is 0.577. The second-order valence-electron chi connectivity index (χ2n) is 3.73. The number of anilines is 3. The fourth-order valence-corrected chi connectivity index (χ4v) is 2.71. The highest BCUT2D eigenvalue weighted by Crippen LogP contribution is 2.32. The molecule has 0 bridgehead atoms. The minimum absolute atomic E-state index is 0.469. The first kappa shape index (κ1) is 13.1. The number of hydrogen-bond donors (Lipinski definition) is 3. The molecule has 94 valence electrons. The number of hydrogen-bond acceptors (Lipinski definition) is 3. The molecule has 0 amide bonds. The van der Waals surface area contributed by atoms with Gasteiger partial charge in [-0.15, -0.1) is 11.3 Å². The summed E-state index contributed by atoms with van der Waals surface area (Å²) in [5.41, 5.74) is 9.16. The van der Waals surface area contributed by atoms with E-state index in [-0.39, 0.29) is 0 Å². The molecule has 0 radical (unpaired) electrons. The van der Waals surface area contributed by atoms with Gasteiger partial charge in [-0.25, -0.2) is 0 Å². The van der Waals surface area contributed by atoms with Gasteiger partial charge in [0.05, 0.1) is 17.1 Å². The third-order valence-electron chi connectivity index (χ3n) is 2.38. The molecular formula is C12H12ClN3S2. The lowest BCUT2D eigenvalue weighted by molar-refractivity contribution is 1.52. The molecule has 1 aromatic carbocycles. The van der Waals surface area contributed by atoms with Gasteiger partial charge in [-0.05, 0) is 42.2 Å². The summed E-state index contributed by atoms with van der Waals surface area (Å²) in [6.45, 7) is 1.98. The van der Waals surface area contributed by atoms with Crippen LogP contribution < -0.4 is 16.4 Å². The third kappa shape index (κ3) is 2.93. The molecule has 2 aromatic rings. The van der Waals surface area contributed by atoms with Gasteiger partial charge in [0, 0.05) is 0 Å². The smallest absolute Gasteiger partial charge is 0.175 e. The van der Waals surface area contributed by atoms with Gasteiger partial charge in [0.25, 0.3) is 0 Å². The molecule has 0 fully saturated rings. The van der Waals surface area contributed by atoms with Crippen LogP contribution in [0.2, 0.25) is 4.34 Å². The Labute approximate surface area is 120 Å². The molecule has 6 heteroatoms. The van der Waals surface area contributed by atoms with Crippen molar-refractivity contribution in [1.29, 1.82) is 0 Å². The van der Waals surface area contributed by atoms with Gasteiger partial charge in [-0.1, -0.05) is 23.7 Å². The van der Waals surface area contributed by atoms with Crippen molar-refractivity contribution in [3.05, 3.63) is 39.5 Å². The number of thiophene rings is 1. The van der Waals surface area contributed by atoms with Crippen LogP contribution in [0, 0.1) is 6.92 Å². The largest absolute Gasteiger partial charge is 0.397 e. The molecular weight excluding hydrogens is 286 g/mol. The lowest BCUT2D eigenvalue weighted by Gasteiger charge is -2.12. The summed E-state index contributed by atoms with van der Waals surface area (Å²) in [5.74, 6) is 0. The van der Waals surface area contributed by atoms with Crippen LogP contribution in [0.5, 0.6) is 0 Å². The lowest BCUT2D eigenvalue weighted by Crippen LogP contribution is -2.20. The van der Waals surface area contributed by atoms with Crippen LogP contribution in [0.4, 0.5) is 17.1 Å². The highest BCUT2D eigenvalue weighted by atomic mass is 35.5. The van der Waals surface area contributed by atoms with Crippen LogP contribution in [-0.4, -0.2) is 5.11 Å². The fourth-order valence-electron chi connectivity index (χ4n) is 1.44. The summed E-state index contributed by atoms with van der Waals surface area (Å²) in [6, 6.07) is 7.44. The summed E-state index contributed by atoms with van der Waals surface area (Å²) in [7, 11) is 0. The van der Waals surface area contributed by atoms with Crippen LogP contribution in [0.3, 0.4) is 0 Å². The maximum absolute atomic E-state index is 6.07. The van der Waals surface area contributed by atoms with Crippen molar-refractivity contribution in [1.82, 2.24) is 0 Å². The number of thiocarbonyl (C=S) groups is 1. The van der Waals surface area contributed by atoms with Crippen LogP contribution in [-0.2, 0) is 0 Å². The summed E-state index contributed by atoms with van der Waals surface area (Å²) >= 11 is 12.8. The Morgan fingerprint density at radius 1 is 1.33 bits per heavy atom. The monoisotopic (exact) mass is 297 g/mol. The molecule has 2 rings (SSSR count). The summed E-state index contributed by atoms with van der Waals surface area (Å²) in [4.78, 5) is 0. The van der Waals surface area contributed by atoms with E-state index in [1.54, 1.807) is 0 Å². The SMILES string of the molecule is Cc1csc(Cl)c1NC(=S)Nc1ccccc1N. The van der Waals surface area contributed by atoms with Gasteiger partial charge in [-0.2, -0.15) is 0 Å². The Bertz CT molecular complexity index is 561. The maximum Gasteiger partial charge on any atom is 0.175 e. The van der Waals surface area contributed by atoms with Crippen molar-refractivity contribution in [2.75, 3.05) is 16.4 Å². The molecule has 0 aliphatic carbocycles. The Kier molecular flexibility index (Phi) is 4.06. The number of aryl methyl sites for hydroxylation is 1. The van der Waals surface area contributed by atoms with E-state index in [0.29, 0.717) is 15.1 Å². The molecule has 3 nitrogen and oxygen atoms in total. The van der Waals surface area contributed by atoms with E-state index < -0.39 is 0 Å². The number of benzene rings is 1. The van der Waals surface area contributed by atoms with Crippen molar-refractivity contribution in [3.8, 4) is 0 Å². The molecule has 0 atom stereocenters. The number of para-hydroxylation sites is 2. The van der Waals surface area contributed by atoms with E-state index in [1.807, 2.05) is 36.6 Å². The topological polar surface area (TPSA) is 50.1 Å². The Hall–Kier alpha value is -1.30. The van der Waals surface area contributed by atoms with E-state index in [4.69, 9.17) is 29.6 Å². The predicted octanol–water partition coefficient (Wildman–Crippen LogP) is 4.10. The van der Waals surface area contributed by atoms with E-state index in [0.717, 1.165) is 16.9 Å². The maximum atomic E-state index is 6.07. The van der Waals surface area contributed by atoms with Crippen LogP contribution in [0.1, 0.15) is 5.56 Å². The van der Waals surface area contributed by atoms with Crippen molar-refractivity contribution in [2.45, 2.75) is 6.92 Å². The highest BCUT2D eigenvalue weighted by Gasteiger charge is 2.08. The predicted molar refractivity (Wildman–Crippen MR) is 84.8 cm³/mol. The second-order valence-corrected chi connectivity index (χ2v) is 5.62. The van der Waals surface area contributed by atoms with Gasteiger partial charge in [-0.3, -0.25) is 0 Å². The zero-order valence-electron chi connectivity index (χ0n) is 9.66. The van der Waals surface area contributed by atoms with Gasteiger partial charge < -0.3 is 16.4 Å². The summed E-state index contributed by atoms with van der Waals surface area (Å²) in [6.07, 6.45) is 0. The molecule has 1 heterocycles. The highest BCUT2D eigenvalue weighted by molar-refractivity contribution is 7.80. The third-order valence-corrected chi connectivity index (χ3v) is 3.92. The van der Waals surface area contributed by atoms with Crippen molar-refractivity contribution >= 4 is 57.3 Å². The summed E-state index contributed by atoms with van der Waals surface area (Å²) in [5, 5.41) is 8.57. The van der Waals surface area contributed by atoms with Crippen LogP contribution in [0.15, 0.2) is 29.6 Å². The number of halogens is 1. The number of nitrogen functional groups attached to an aromatic ring is 1. The van der Waals surface area contributed by atoms with Crippen molar-refractivity contribution in [3.63, 3.8) is 0 Å². The Morgan fingerprint density at radius 3 is 2.67 bits per heavy atom. The van der Waals surface area contributed by atoms with E-state index in [2.05, 4.69) is 10.6 Å². The van der Waals surface area contributed by atoms with E-state index in [9.17, 15) is 0 Å². The van der Waals surface area contributed by atoms with E-state index in [1.165, 1.54) is 11.3 Å². The molecule has 0 aliphatic heterocycles. The first-order valence-electron chi connectivity index (χ1n) is 5.24. The molecule has 0 saturated carbocycles. The average Bonchev–Trinajstić information content (AvgIpc) is 2.64. The second kappa shape index (κ2) is 5.56. The van der Waals surface area contributed by atoms with Gasteiger partial charge in [0.15, 0.2) is 5.11 Å². The minimum atomic E-state index is 0.469. The molecule has 0 aliphatic rings. The zero-order valence-corrected chi connectivity index (χ0v) is 12.0. The molecule has 18 heavy (non-hydrogen) atoms. The van der Waals surface area contributed by atoms with Crippen molar-refractivity contribution < 1.29 is 0 Å². The minimum Gasteiger partial charge on any atom is -0.397 e. The Morgan fingerprint density at radius 2 is 2.06 bits per heavy atom. The van der Waals surface area contributed by atoms with Crippen LogP contribution in [0.25, 0.3) is 0 Å². The lowest BCUT2D eigenvalue weighted by atomic mass is 10.3. The fraction of sp³-hybridized carbons (Fsp3) is 0.0833. The molecule has 0 saturated heterocycles. The first-order chi connectivity index (χ1) is 8.58. The Balaban J connectivity index is 2.08. The van der Waals surface area contributed by atoms with Crippen molar-refractivity contribution in [2.24, 2.45) is 0 Å². The zero-order chi connectivity index (χ0) is 13.1. The number of rotatable bonds is 2. The number of nitrogens with two attached hydrogens (primary N) is 1. The standard InChI is InChI=1S/C12H12ClN3S2/c1-7-6-18-11(13)10(7)16-12(17)15-9-5-3-2-4-8(9)14/h2-6H,14H2,1H3,(H2,15,16,17). The summed E-state index contributed by atoms with van der Waals surface area (Å²) < 4.78 is 0.692. The normalized spacial score (nSPS) is 10.1. The molecule has 0 spiro atoms. The molecule has 0 unspecified atom stereocenters. The van der Waals surface area contributed by atoms with Gasteiger partial charge in [0.1, 0.15) is 4.34 Å². The molecule has 4 N–H and O–H groups in total. The first-order valence-corrected chi connectivity index (χ1v) is 6.90. The van der Waals surface area contributed by atoms with Crippen LogP contribution >= 0.6 is 35.2 Å². The van der Waals surface area contributed by atoms with Gasteiger partial charge in [0.2, 0.25) is 0 Å². The average molecular weight is 298 g/mol. The van der Waals surface area contributed by atoms with E-state index >= 15 is 0 Å². The van der Waals surface area contributed by atoms with Gasteiger partial charge >= 0.3 is 0 Å². The number of nitrogens with one attached hydrogen (secondary N) is 2. The molecule has 1 aromatic heterocycles.